The Balaban J connectivity index is 2.46. The number of nitrogens with zero attached hydrogens (tertiary/aromatic N) is 1. The molecule has 53 valence electrons. The van der Waals surface area contributed by atoms with Crippen LogP contribution in [-0.2, 0) is 0 Å². The Morgan fingerprint density at radius 1 is 1.27 bits per heavy atom. The van der Waals surface area contributed by atoms with Crippen LogP contribution in [0, 0.1) is 6.07 Å². The third-order valence-electron chi connectivity index (χ3n) is 1.41. The van der Waals surface area contributed by atoms with Crippen molar-refractivity contribution in [3.05, 3.63) is 42.9 Å². The van der Waals surface area contributed by atoms with Gasteiger partial charge in [0, 0.05) is 24.0 Å². The molecule has 2 aromatic heterocycles. The molecule has 11 heavy (non-hydrogen) atoms. The average molecular weight is 144 g/mol. The summed E-state index contributed by atoms with van der Waals surface area (Å²) in [5.74, 6) is 0.757. The number of aromatic nitrogens is 1. The molecular weight excluding hydrogens is 138 g/mol. The summed E-state index contributed by atoms with van der Waals surface area (Å²) in [4.78, 5) is 3.90. The van der Waals surface area contributed by atoms with E-state index in [1.165, 1.54) is 0 Å². The van der Waals surface area contributed by atoms with Gasteiger partial charge in [0.1, 0.15) is 5.76 Å². The van der Waals surface area contributed by atoms with E-state index in [1.807, 2.05) is 12.1 Å². The minimum absolute atomic E-state index is 0.757. The van der Waals surface area contributed by atoms with Crippen LogP contribution in [0.15, 0.2) is 41.3 Å². The van der Waals surface area contributed by atoms with Gasteiger partial charge in [0.25, 0.3) is 0 Å². The fourth-order valence-corrected chi connectivity index (χ4v) is 0.900. The minimum atomic E-state index is 0.757. The van der Waals surface area contributed by atoms with E-state index in [9.17, 15) is 0 Å². The zero-order valence-electron chi connectivity index (χ0n) is 5.82. The van der Waals surface area contributed by atoms with Crippen LogP contribution in [0.2, 0.25) is 0 Å². The topological polar surface area (TPSA) is 26.0 Å². The summed E-state index contributed by atoms with van der Waals surface area (Å²) in [7, 11) is 0. The number of pyridine rings is 1. The molecule has 1 radical (unpaired) electrons. The van der Waals surface area contributed by atoms with Crippen molar-refractivity contribution in [3.8, 4) is 11.3 Å². The van der Waals surface area contributed by atoms with E-state index in [4.69, 9.17) is 4.42 Å². The van der Waals surface area contributed by atoms with Crippen LogP contribution in [0.25, 0.3) is 11.3 Å². The Morgan fingerprint density at radius 3 is 2.73 bits per heavy atom. The maximum absolute atomic E-state index is 5.14. The molecule has 0 spiro atoms. The zero-order chi connectivity index (χ0) is 7.52. The second kappa shape index (κ2) is 2.58. The first kappa shape index (κ1) is 6.16. The van der Waals surface area contributed by atoms with Gasteiger partial charge in [-0.05, 0) is 18.2 Å². The molecule has 2 heteroatoms. The molecule has 0 N–H and O–H groups in total. The summed E-state index contributed by atoms with van der Waals surface area (Å²) in [6.45, 7) is 0. The first-order chi connectivity index (χ1) is 5.47. The van der Waals surface area contributed by atoms with Crippen molar-refractivity contribution in [1.82, 2.24) is 4.98 Å². The second-order valence-corrected chi connectivity index (χ2v) is 2.13. The molecule has 0 fully saturated rings. The van der Waals surface area contributed by atoms with Crippen molar-refractivity contribution in [3.63, 3.8) is 0 Å². The first-order valence-corrected chi connectivity index (χ1v) is 3.32. The van der Waals surface area contributed by atoms with E-state index in [0.29, 0.717) is 0 Å². The van der Waals surface area contributed by atoms with Gasteiger partial charge in [-0.1, -0.05) is 0 Å². The fraction of sp³-hybridized carbons (Fsp3) is 0. The highest BCUT2D eigenvalue weighted by molar-refractivity contribution is 5.54. The molecule has 0 aliphatic carbocycles. The van der Waals surface area contributed by atoms with Gasteiger partial charge in [0.05, 0.1) is 6.26 Å². The van der Waals surface area contributed by atoms with Crippen LogP contribution in [0.1, 0.15) is 0 Å². The summed E-state index contributed by atoms with van der Waals surface area (Å²) >= 11 is 0. The van der Waals surface area contributed by atoms with Gasteiger partial charge in [-0.2, -0.15) is 0 Å². The summed E-state index contributed by atoms with van der Waals surface area (Å²) < 4.78 is 5.14. The summed E-state index contributed by atoms with van der Waals surface area (Å²) in [5.41, 5.74) is 1.00. The van der Waals surface area contributed by atoms with Gasteiger partial charge in [-0.3, -0.25) is 4.98 Å². The second-order valence-electron chi connectivity index (χ2n) is 2.13. The lowest BCUT2D eigenvalue weighted by Crippen LogP contribution is -1.73. The standard InChI is InChI=1S/C9H6NO/c1-2-9(11-7-1)8-3-5-10-6-4-8/h1,3-7H. The average Bonchev–Trinajstić information content (AvgIpc) is 2.58. The van der Waals surface area contributed by atoms with Crippen molar-refractivity contribution in [1.29, 1.82) is 0 Å². The fourth-order valence-electron chi connectivity index (χ4n) is 0.900. The lowest BCUT2D eigenvalue weighted by atomic mass is 10.2. The van der Waals surface area contributed by atoms with Gasteiger partial charge in [0.15, 0.2) is 0 Å². The molecule has 2 heterocycles. The highest BCUT2D eigenvalue weighted by atomic mass is 16.3. The zero-order valence-corrected chi connectivity index (χ0v) is 5.82. The first-order valence-electron chi connectivity index (χ1n) is 3.32. The van der Waals surface area contributed by atoms with Gasteiger partial charge < -0.3 is 4.42 Å². The van der Waals surface area contributed by atoms with E-state index < -0.39 is 0 Å². The molecule has 0 atom stereocenters. The molecular formula is C9H6NO. The van der Waals surface area contributed by atoms with Crippen LogP contribution in [-0.4, -0.2) is 4.98 Å². The van der Waals surface area contributed by atoms with Gasteiger partial charge >= 0.3 is 0 Å². The predicted octanol–water partition coefficient (Wildman–Crippen LogP) is 2.14. The third kappa shape index (κ3) is 1.15. The van der Waals surface area contributed by atoms with E-state index in [1.54, 1.807) is 24.7 Å². The summed E-state index contributed by atoms with van der Waals surface area (Å²) in [6.07, 6.45) is 5.06. The van der Waals surface area contributed by atoms with Crippen molar-refractivity contribution < 1.29 is 4.42 Å². The Hall–Kier alpha value is -1.57. The maximum atomic E-state index is 5.14. The molecule has 0 saturated carbocycles. The molecule has 0 aromatic carbocycles. The van der Waals surface area contributed by atoms with E-state index >= 15 is 0 Å². The third-order valence-corrected chi connectivity index (χ3v) is 1.41. The molecule has 0 amide bonds. The lowest BCUT2D eigenvalue weighted by molar-refractivity contribution is 0.582. The van der Waals surface area contributed by atoms with Crippen LogP contribution >= 0.6 is 0 Å². The maximum Gasteiger partial charge on any atom is 0.141 e. The van der Waals surface area contributed by atoms with E-state index in [2.05, 4.69) is 11.1 Å². The molecule has 0 saturated heterocycles. The van der Waals surface area contributed by atoms with Crippen LogP contribution in [0.4, 0.5) is 0 Å². The SMILES string of the molecule is [c]1ccoc1-c1ccncc1. The number of hydrogen-bond donors (Lipinski definition) is 0. The van der Waals surface area contributed by atoms with Crippen LogP contribution < -0.4 is 0 Å². The largest absolute Gasteiger partial charge is 0.464 e. The summed E-state index contributed by atoms with van der Waals surface area (Å²) in [5, 5.41) is 0. The van der Waals surface area contributed by atoms with Crippen LogP contribution in [0.3, 0.4) is 0 Å². The van der Waals surface area contributed by atoms with E-state index in [0.717, 1.165) is 11.3 Å². The lowest BCUT2D eigenvalue weighted by Gasteiger charge is -1.91. The van der Waals surface area contributed by atoms with Gasteiger partial charge in [-0.25, -0.2) is 0 Å². The molecule has 0 aliphatic rings. The molecule has 2 aromatic rings. The Labute approximate surface area is 64.5 Å². The minimum Gasteiger partial charge on any atom is -0.464 e. The van der Waals surface area contributed by atoms with Crippen molar-refractivity contribution in [2.24, 2.45) is 0 Å². The van der Waals surface area contributed by atoms with Crippen molar-refractivity contribution >= 4 is 0 Å². The highest BCUT2D eigenvalue weighted by Crippen LogP contribution is 2.16. The Bertz CT molecular complexity index is 313. The molecule has 0 unspecified atom stereocenters. The normalized spacial score (nSPS) is 9.82. The van der Waals surface area contributed by atoms with Gasteiger partial charge in [-0.15, -0.1) is 0 Å². The van der Waals surface area contributed by atoms with E-state index in [-0.39, 0.29) is 0 Å². The van der Waals surface area contributed by atoms with Crippen LogP contribution in [0.5, 0.6) is 0 Å². The smallest absolute Gasteiger partial charge is 0.141 e. The molecule has 2 rings (SSSR count). The number of rotatable bonds is 1. The summed E-state index contributed by atoms with van der Waals surface area (Å²) in [6, 6.07) is 8.47. The Morgan fingerprint density at radius 2 is 2.09 bits per heavy atom. The molecule has 2 nitrogen and oxygen atoms in total. The predicted molar refractivity (Wildman–Crippen MR) is 40.8 cm³/mol. The number of furan rings is 1. The van der Waals surface area contributed by atoms with Crippen molar-refractivity contribution in [2.75, 3.05) is 0 Å². The Kier molecular flexibility index (Phi) is 1.44. The highest BCUT2D eigenvalue weighted by Gasteiger charge is 1.97. The number of hydrogen-bond acceptors (Lipinski definition) is 2. The molecule has 0 bridgehead atoms. The van der Waals surface area contributed by atoms with Crippen molar-refractivity contribution in [2.45, 2.75) is 0 Å². The quantitative estimate of drug-likeness (QED) is 0.612. The van der Waals surface area contributed by atoms with Gasteiger partial charge in [0.2, 0.25) is 0 Å². The monoisotopic (exact) mass is 144 g/mol. The molecule has 0 aliphatic heterocycles.